The summed E-state index contributed by atoms with van der Waals surface area (Å²) in [6.07, 6.45) is 4.40. The molecule has 1 aromatic carbocycles. The highest BCUT2D eigenvalue weighted by Gasteiger charge is 2.03. The number of hydrogen-bond donors (Lipinski definition) is 2. The van der Waals surface area contributed by atoms with E-state index in [-0.39, 0.29) is 11.7 Å². The van der Waals surface area contributed by atoms with Gasteiger partial charge in [0.2, 0.25) is 0 Å². The highest BCUT2D eigenvalue weighted by atomic mass is 79.9. The maximum Gasteiger partial charge on any atom is 0.272 e. The van der Waals surface area contributed by atoms with Crippen molar-refractivity contribution in [1.29, 1.82) is 0 Å². The molecule has 0 atom stereocenters. The van der Waals surface area contributed by atoms with Crippen LogP contribution < -0.4 is 5.43 Å². The molecular weight excluding hydrogens is 310 g/mol. The second-order valence-electron chi connectivity index (χ2n) is 3.64. The monoisotopic (exact) mass is 319 g/mol. The fourth-order valence-electron chi connectivity index (χ4n) is 1.35. The lowest BCUT2D eigenvalue weighted by Gasteiger charge is -2.00. The Labute approximate surface area is 118 Å². The second kappa shape index (κ2) is 6.10. The van der Waals surface area contributed by atoms with Crippen LogP contribution in [0.15, 0.2) is 52.3 Å². The molecule has 0 aliphatic carbocycles. The number of nitrogens with zero attached hydrogens (tertiary/aromatic N) is 2. The maximum atomic E-state index is 11.7. The highest BCUT2D eigenvalue weighted by Crippen LogP contribution is 2.19. The van der Waals surface area contributed by atoms with E-state index in [4.69, 9.17) is 0 Å². The lowest BCUT2D eigenvalue weighted by molar-refractivity contribution is 0.0954. The maximum absolute atomic E-state index is 11.7. The molecule has 0 saturated carbocycles. The minimum absolute atomic E-state index is 0.0857. The van der Waals surface area contributed by atoms with Gasteiger partial charge in [0.05, 0.1) is 11.8 Å². The van der Waals surface area contributed by atoms with E-state index in [0.29, 0.717) is 11.1 Å². The van der Waals surface area contributed by atoms with Gasteiger partial charge in [0, 0.05) is 22.4 Å². The Balaban J connectivity index is 2.04. The van der Waals surface area contributed by atoms with Crippen LogP contribution in [0, 0.1) is 0 Å². The van der Waals surface area contributed by atoms with Gasteiger partial charge in [-0.1, -0.05) is 15.9 Å². The molecule has 1 aromatic heterocycles. The largest absolute Gasteiger partial charge is 0.507 e. The average Bonchev–Trinajstić information content (AvgIpc) is 2.43. The van der Waals surface area contributed by atoms with Crippen LogP contribution in [0.3, 0.4) is 0 Å². The molecule has 0 bridgehead atoms. The number of rotatable bonds is 3. The van der Waals surface area contributed by atoms with Crippen LogP contribution in [0.25, 0.3) is 0 Å². The lowest BCUT2D eigenvalue weighted by atomic mass is 10.2. The molecule has 1 heterocycles. The van der Waals surface area contributed by atoms with Crippen LogP contribution in [0.5, 0.6) is 5.75 Å². The molecule has 0 radical (unpaired) electrons. The van der Waals surface area contributed by atoms with Crippen molar-refractivity contribution in [2.24, 2.45) is 5.10 Å². The van der Waals surface area contributed by atoms with E-state index in [1.54, 1.807) is 30.5 Å². The van der Waals surface area contributed by atoms with Crippen molar-refractivity contribution in [2.45, 2.75) is 0 Å². The van der Waals surface area contributed by atoms with Crippen molar-refractivity contribution in [2.75, 3.05) is 0 Å². The fraction of sp³-hybridized carbons (Fsp3) is 0. The number of phenolic OH excluding ortho intramolecular Hbond substituents is 1. The summed E-state index contributed by atoms with van der Waals surface area (Å²) in [5.41, 5.74) is 3.27. The van der Waals surface area contributed by atoms with E-state index in [2.05, 4.69) is 31.4 Å². The van der Waals surface area contributed by atoms with Gasteiger partial charge in [-0.05, 0) is 30.3 Å². The van der Waals surface area contributed by atoms with Gasteiger partial charge in [0.15, 0.2) is 0 Å². The zero-order valence-corrected chi connectivity index (χ0v) is 11.3. The third-order valence-corrected chi connectivity index (χ3v) is 2.78. The standard InChI is InChI=1S/C13H10BrN3O2/c14-11-3-4-12(18)10(6-11)8-16-17-13(19)9-2-1-5-15-7-9/h1-8,18H,(H,17,19)/b16-8-. The third-order valence-electron chi connectivity index (χ3n) is 2.28. The van der Waals surface area contributed by atoms with Gasteiger partial charge >= 0.3 is 0 Å². The number of aromatic nitrogens is 1. The van der Waals surface area contributed by atoms with Crippen molar-refractivity contribution >= 4 is 28.1 Å². The van der Waals surface area contributed by atoms with Gasteiger partial charge in [-0.2, -0.15) is 5.10 Å². The minimum atomic E-state index is -0.362. The van der Waals surface area contributed by atoms with Gasteiger partial charge < -0.3 is 5.11 Å². The first-order chi connectivity index (χ1) is 9.16. The lowest BCUT2D eigenvalue weighted by Crippen LogP contribution is -2.17. The van der Waals surface area contributed by atoms with Crippen LogP contribution in [-0.4, -0.2) is 22.2 Å². The summed E-state index contributed by atoms with van der Waals surface area (Å²) in [4.78, 5) is 15.5. The zero-order chi connectivity index (χ0) is 13.7. The number of carbonyl (C=O) groups excluding carboxylic acids is 1. The van der Waals surface area contributed by atoms with E-state index in [1.165, 1.54) is 18.5 Å². The van der Waals surface area contributed by atoms with Crippen LogP contribution >= 0.6 is 15.9 Å². The Hall–Kier alpha value is -2.21. The Morgan fingerprint density at radius 1 is 1.42 bits per heavy atom. The van der Waals surface area contributed by atoms with Crippen LogP contribution in [0.4, 0.5) is 0 Å². The predicted octanol–water partition coefficient (Wildman–Crippen LogP) is 2.31. The van der Waals surface area contributed by atoms with E-state index < -0.39 is 0 Å². The van der Waals surface area contributed by atoms with Crippen LogP contribution in [-0.2, 0) is 0 Å². The summed E-state index contributed by atoms with van der Waals surface area (Å²) < 4.78 is 0.810. The predicted molar refractivity (Wildman–Crippen MR) is 75.1 cm³/mol. The number of benzene rings is 1. The summed E-state index contributed by atoms with van der Waals surface area (Å²) in [7, 11) is 0. The summed E-state index contributed by atoms with van der Waals surface area (Å²) in [5.74, 6) is -0.276. The minimum Gasteiger partial charge on any atom is -0.507 e. The Morgan fingerprint density at radius 3 is 3.00 bits per heavy atom. The van der Waals surface area contributed by atoms with Crippen LogP contribution in [0.2, 0.25) is 0 Å². The number of aromatic hydroxyl groups is 1. The molecule has 6 heteroatoms. The Morgan fingerprint density at radius 2 is 2.26 bits per heavy atom. The second-order valence-corrected chi connectivity index (χ2v) is 4.56. The van der Waals surface area contributed by atoms with Gasteiger partial charge in [-0.15, -0.1) is 0 Å². The molecule has 2 rings (SSSR count). The first-order valence-corrected chi connectivity index (χ1v) is 6.18. The molecule has 0 spiro atoms. The topological polar surface area (TPSA) is 74.6 Å². The normalized spacial score (nSPS) is 10.6. The van der Waals surface area contributed by atoms with Gasteiger partial charge in [0.1, 0.15) is 5.75 Å². The van der Waals surface area contributed by atoms with E-state index in [9.17, 15) is 9.90 Å². The molecule has 0 unspecified atom stereocenters. The SMILES string of the molecule is O=C(N/N=C\c1cc(Br)ccc1O)c1cccnc1. The van der Waals surface area contributed by atoms with Gasteiger partial charge in [-0.25, -0.2) is 5.43 Å². The number of amides is 1. The molecule has 0 aliphatic heterocycles. The van der Waals surface area contributed by atoms with Crippen molar-refractivity contribution in [1.82, 2.24) is 10.4 Å². The number of halogens is 1. The fourth-order valence-corrected chi connectivity index (χ4v) is 1.73. The molecule has 0 fully saturated rings. The summed E-state index contributed by atoms with van der Waals surface area (Å²) in [6.45, 7) is 0. The molecule has 2 N–H and O–H groups in total. The summed E-state index contributed by atoms with van der Waals surface area (Å²) in [5, 5.41) is 13.4. The molecular formula is C13H10BrN3O2. The number of hydrazone groups is 1. The van der Waals surface area contributed by atoms with Gasteiger partial charge in [0.25, 0.3) is 5.91 Å². The summed E-state index contributed by atoms with van der Waals surface area (Å²) in [6, 6.07) is 8.23. The van der Waals surface area contributed by atoms with Crippen LogP contribution in [0.1, 0.15) is 15.9 Å². The molecule has 1 amide bonds. The Kier molecular flexibility index (Phi) is 4.25. The number of carbonyl (C=O) groups is 1. The molecule has 96 valence electrons. The van der Waals surface area contributed by atoms with Crippen molar-refractivity contribution < 1.29 is 9.90 Å². The highest BCUT2D eigenvalue weighted by molar-refractivity contribution is 9.10. The number of phenols is 1. The zero-order valence-electron chi connectivity index (χ0n) is 9.75. The molecule has 19 heavy (non-hydrogen) atoms. The van der Waals surface area contributed by atoms with Crippen molar-refractivity contribution in [3.8, 4) is 5.75 Å². The van der Waals surface area contributed by atoms with Crippen molar-refractivity contribution in [3.63, 3.8) is 0 Å². The number of nitrogens with one attached hydrogen (secondary N) is 1. The van der Waals surface area contributed by atoms with Crippen molar-refractivity contribution in [3.05, 3.63) is 58.3 Å². The third kappa shape index (κ3) is 3.62. The number of hydrogen-bond acceptors (Lipinski definition) is 4. The first kappa shape index (κ1) is 13.2. The quantitative estimate of drug-likeness (QED) is 0.673. The average molecular weight is 320 g/mol. The Bertz CT molecular complexity index is 615. The van der Waals surface area contributed by atoms with E-state index >= 15 is 0 Å². The molecule has 5 nitrogen and oxygen atoms in total. The van der Waals surface area contributed by atoms with E-state index in [0.717, 1.165) is 4.47 Å². The smallest absolute Gasteiger partial charge is 0.272 e. The first-order valence-electron chi connectivity index (χ1n) is 5.39. The van der Waals surface area contributed by atoms with E-state index in [1.807, 2.05) is 0 Å². The van der Waals surface area contributed by atoms with Gasteiger partial charge in [-0.3, -0.25) is 9.78 Å². The number of pyridine rings is 1. The molecule has 0 aliphatic rings. The molecule has 0 saturated heterocycles. The summed E-state index contributed by atoms with van der Waals surface area (Å²) >= 11 is 3.29. The molecule has 2 aromatic rings.